The maximum Gasteiger partial charge on any atom is 0.258 e. The van der Waals surface area contributed by atoms with E-state index in [4.69, 9.17) is 11.6 Å². The van der Waals surface area contributed by atoms with Crippen LogP contribution in [-0.2, 0) is 0 Å². The molecule has 1 aromatic carbocycles. The molecule has 0 spiro atoms. The Morgan fingerprint density at radius 3 is 2.70 bits per heavy atom. The SMILES string of the molecule is CCN(C(=O)c1cc(C)nc(Cl)c1)c1cccc(O)c1. The molecule has 20 heavy (non-hydrogen) atoms. The number of phenolic OH excluding ortho intramolecular Hbond substituents is 1. The molecule has 2 rings (SSSR count). The Morgan fingerprint density at radius 1 is 1.35 bits per heavy atom. The zero-order chi connectivity index (χ0) is 14.7. The lowest BCUT2D eigenvalue weighted by molar-refractivity contribution is 0.0988. The molecule has 1 N–H and O–H groups in total. The van der Waals surface area contributed by atoms with Crippen LogP contribution in [-0.4, -0.2) is 22.5 Å². The summed E-state index contributed by atoms with van der Waals surface area (Å²) in [6.07, 6.45) is 0. The van der Waals surface area contributed by atoms with Gasteiger partial charge in [0, 0.05) is 29.6 Å². The molecule has 1 heterocycles. The van der Waals surface area contributed by atoms with Gasteiger partial charge in [-0.1, -0.05) is 17.7 Å². The second-order valence-electron chi connectivity index (χ2n) is 4.39. The smallest absolute Gasteiger partial charge is 0.258 e. The van der Waals surface area contributed by atoms with Gasteiger partial charge in [0.2, 0.25) is 0 Å². The number of phenols is 1. The summed E-state index contributed by atoms with van der Waals surface area (Å²) >= 11 is 5.89. The van der Waals surface area contributed by atoms with Gasteiger partial charge in [0.05, 0.1) is 0 Å². The number of rotatable bonds is 3. The average Bonchev–Trinajstić information content (AvgIpc) is 2.38. The van der Waals surface area contributed by atoms with E-state index in [1.807, 2.05) is 6.92 Å². The number of aromatic hydroxyl groups is 1. The van der Waals surface area contributed by atoms with Crippen LogP contribution in [0.25, 0.3) is 0 Å². The Bertz CT molecular complexity index is 623. The van der Waals surface area contributed by atoms with Crippen LogP contribution < -0.4 is 4.90 Å². The molecule has 0 aliphatic carbocycles. The number of nitrogens with zero attached hydrogens (tertiary/aromatic N) is 2. The van der Waals surface area contributed by atoms with E-state index in [0.29, 0.717) is 28.6 Å². The summed E-state index contributed by atoms with van der Waals surface area (Å²) in [6, 6.07) is 9.83. The lowest BCUT2D eigenvalue weighted by Gasteiger charge is -2.21. The van der Waals surface area contributed by atoms with E-state index >= 15 is 0 Å². The zero-order valence-electron chi connectivity index (χ0n) is 11.3. The van der Waals surface area contributed by atoms with Crippen molar-refractivity contribution in [3.63, 3.8) is 0 Å². The molecule has 0 saturated carbocycles. The molecule has 0 radical (unpaired) electrons. The fourth-order valence-corrected chi connectivity index (χ4v) is 2.26. The van der Waals surface area contributed by atoms with Gasteiger partial charge in [0.25, 0.3) is 5.91 Å². The number of carbonyl (C=O) groups excluding carboxylic acids is 1. The molecule has 0 saturated heterocycles. The van der Waals surface area contributed by atoms with Crippen molar-refractivity contribution in [2.75, 3.05) is 11.4 Å². The van der Waals surface area contributed by atoms with Crippen LogP contribution in [0.5, 0.6) is 5.75 Å². The quantitative estimate of drug-likeness (QED) is 0.881. The van der Waals surface area contributed by atoms with Gasteiger partial charge in [-0.25, -0.2) is 4.98 Å². The van der Waals surface area contributed by atoms with Crippen molar-refractivity contribution in [1.29, 1.82) is 0 Å². The van der Waals surface area contributed by atoms with Crippen molar-refractivity contribution in [1.82, 2.24) is 4.98 Å². The maximum absolute atomic E-state index is 12.5. The van der Waals surface area contributed by atoms with Gasteiger partial charge >= 0.3 is 0 Å². The molecule has 0 fully saturated rings. The Kier molecular flexibility index (Phi) is 4.25. The highest BCUT2D eigenvalue weighted by Gasteiger charge is 2.17. The minimum absolute atomic E-state index is 0.123. The predicted octanol–water partition coefficient (Wildman–Crippen LogP) is 3.42. The number of amides is 1. The summed E-state index contributed by atoms with van der Waals surface area (Å²) in [4.78, 5) is 18.2. The number of hydrogen-bond acceptors (Lipinski definition) is 3. The van der Waals surface area contributed by atoms with Crippen LogP contribution in [0.15, 0.2) is 36.4 Å². The second-order valence-corrected chi connectivity index (χ2v) is 4.78. The van der Waals surface area contributed by atoms with E-state index in [1.165, 1.54) is 0 Å². The van der Waals surface area contributed by atoms with E-state index < -0.39 is 0 Å². The van der Waals surface area contributed by atoms with Gasteiger partial charge in [-0.05, 0) is 38.1 Å². The summed E-state index contributed by atoms with van der Waals surface area (Å²) in [5, 5.41) is 9.82. The number of carbonyl (C=O) groups is 1. The Labute approximate surface area is 122 Å². The van der Waals surface area contributed by atoms with Crippen molar-refractivity contribution in [3.05, 3.63) is 52.8 Å². The van der Waals surface area contributed by atoms with Crippen molar-refractivity contribution in [2.45, 2.75) is 13.8 Å². The van der Waals surface area contributed by atoms with Gasteiger partial charge < -0.3 is 10.0 Å². The molecule has 0 aliphatic rings. The second kappa shape index (κ2) is 5.92. The Morgan fingerprint density at radius 2 is 2.10 bits per heavy atom. The number of halogens is 1. The van der Waals surface area contributed by atoms with Crippen LogP contribution >= 0.6 is 11.6 Å². The number of aromatic nitrogens is 1. The van der Waals surface area contributed by atoms with E-state index in [-0.39, 0.29) is 11.7 Å². The van der Waals surface area contributed by atoms with Crippen LogP contribution in [0, 0.1) is 6.92 Å². The topological polar surface area (TPSA) is 53.4 Å². The number of anilines is 1. The normalized spacial score (nSPS) is 10.3. The first-order valence-corrected chi connectivity index (χ1v) is 6.64. The first kappa shape index (κ1) is 14.3. The highest BCUT2D eigenvalue weighted by Crippen LogP contribution is 2.22. The molecule has 0 unspecified atom stereocenters. The molecule has 2 aromatic rings. The van der Waals surface area contributed by atoms with Crippen molar-refractivity contribution in [2.24, 2.45) is 0 Å². The third-order valence-corrected chi connectivity index (χ3v) is 3.07. The monoisotopic (exact) mass is 290 g/mol. The Balaban J connectivity index is 2.38. The fraction of sp³-hybridized carbons (Fsp3) is 0.200. The van der Waals surface area contributed by atoms with E-state index in [1.54, 1.807) is 48.2 Å². The number of hydrogen-bond donors (Lipinski definition) is 1. The predicted molar refractivity (Wildman–Crippen MR) is 79.4 cm³/mol. The molecule has 1 amide bonds. The molecule has 0 aliphatic heterocycles. The molecule has 5 heteroatoms. The summed E-state index contributed by atoms with van der Waals surface area (Å²) in [6.45, 7) is 4.15. The maximum atomic E-state index is 12.5. The number of aryl methyl sites for hydroxylation is 1. The Hall–Kier alpha value is -2.07. The van der Waals surface area contributed by atoms with Gasteiger partial charge in [-0.2, -0.15) is 0 Å². The minimum Gasteiger partial charge on any atom is -0.508 e. The first-order valence-electron chi connectivity index (χ1n) is 6.26. The molecule has 104 valence electrons. The number of pyridine rings is 1. The first-order chi connectivity index (χ1) is 9.51. The summed E-state index contributed by atoms with van der Waals surface area (Å²) < 4.78 is 0. The third kappa shape index (κ3) is 3.08. The standard InChI is InChI=1S/C15H15ClN2O2/c1-3-18(12-5-4-6-13(19)9-12)15(20)11-7-10(2)17-14(16)8-11/h4-9,19H,3H2,1-2H3. The van der Waals surface area contributed by atoms with Crippen LogP contribution in [0.4, 0.5) is 5.69 Å². The zero-order valence-corrected chi connectivity index (χ0v) is 12.1. The van der Waals surface area contributed by atoms with Gasteiger partial charge in [-0.15, -0.1) is 0 Å². The molecular weight excluding hydrogens is 276 g/mol. The van der Waals surface area contributed by atoms with Crippen LogP contribution in [0.1, 0.15) is 23.0 Å². The summed E-state index contributed by atoms with van der Waals surface area (Å²) in [7, 11) is 0. The highest BCUT2D eigenvalue weighted by molar-refractivity contribution is 6.29. The van der Waals surface area contributed by atoms with Gasteiger partial charge in [0.15, 0.2) is 0 Å². The molecule has 0 bridgehead atoms. The fourth-order valence-electron chi connectivity index (χ4n) is 2.01. The van der Waals surface area contributed by atoms with Crippen molar-refractivity contribution >= 4 is 23.2 Å². The van der Waals surface area contributed by atoms with Crippen LogP contribution in [0.2, 0.25) is 5.15 Å². The van der Waals surface area contributed by atoms with Gasteiger partial charge in [-0.3, -0.25) is 4.79 Å². The lowest BCUT2D eigenvalue weighted by Crippen LogP contribution is -2.30. The van der Waals surface area contributed by atoms with Crippen LogP contribution in [0.3, 0.4) is 0 Å². The highest BCUT2D eigenvalue weighted by atomic mass is 35.5. The van der Waals surface area contributed by atoms with Gasteiger partial charge in [0.1, 0.15) is 10.9 Å². The van der Waals surface area contributed by atoms with E-state index in [9.17, 15) is 9.90 Å². The summed E-state index contributed by atoms with van der Waals surface area (Å²) in [5.74, 6) is -0.0526. The molecule has 4 nitrogen and oxygen atoms in total. The van der Waals surface area contributed by atoms with Crippen molar-refractivity contribution in [3.8, 4) is 5.75 Å². The average molecular weight is 291 g/mol. The lowest BCUT2D eigenvalue weighted by atomic mass is 10.2. The minimum atomic E-state index is -0.175. The molecule has 1 aromatic heterocycles. The third-order valence-electron chi connectivity index (χ3n) is 2.87. The molecular formula is C15H15ClN2O2. The van der Waals surface area contributed by atoms with E-state index in [0.717, 1.165) is 0 Å². The summed E-state index contributed by atoms with van der Waals surface area (Å²) in [5.41, 5.74) is 1.81. The number of benzene rings is 1. The van der Waals surface area contributed by atoms with E-state index in [2.05, 4.69) is 4.98 Å². The van der Waals surface area contributed by atoms with Crippen molar-refractivity contribution < 1.29 is 9.90 Å². The molecule has 0 atom stereocenters. The largest absolute Gasteiger partial charge is 0.508 e.